The molecule has 0 amide bonds. The van der Waals surface area contributed by atoms with E-state index in [2.05, 4.69) is 16.1 Å². The minimum absolute atomic E-state index is 0.398. The van der Waals surface area contributed by atoms with Gasteiger partial charge in [0.15, 0.2) is 0 Å². The number of benzene rings is 1. The molecule has 0 aromatic heterocycles. The molecule has 0 bridgehead atoms. The largest absolute Gasteiger partial charge is 0.313 e. The maximum Gasteiger partial charge on any atom is 0.241 e. The molecule has 5 heteroatoms. The fourth-order valence-corrected chi connectivity index (χ4v) is 4.59. The highest BCUT2D eigenvalue weighted by molar-refractivity contribution is 7.89. The molecule has 0 fully saturated rings. The number of hydrogen-bond acceptors (Lipinski definition) is 3. The van der Waals surface area contributed by atoms with E-state index in [0.29, 0.717) is 11.4 Å². The third-order valence-electron chi connectivity index (χ3n) is 4.85. The van der Waals surface area contributed by atoms with Crippen LogP contribution in [0.2, 0.25) is 0 Å². The molecule has 1 aliphatic rings. The van der Waals surface area contributed by atoms with E-state index in [1.807, 2.05) is 34.6 Å². The van der Waals surface area contributed by atoms with E-state index < -0.39 is 10.0 Å². The summed E-state index contributed by atoms with van der Waals surface area (Å²) in [5, 5.41) is 3.23. The Morgan fingerprint density at radius 1 is 1.00 bits per heavy atom. The van der Waals surface area contributed by atoms with Gasteiger partial charge in [-0.25, -0.2) is 13.1 Å². The molecule has 0 spiro atoms. The molecule has 1 aliphatic heterocycles. The van der Waals surface area contributed by atoms with Crippen LogP contribution < -0.4 is 10.0 Å². The van der Waals surface area contributed by atoms with Crippen molar-refractivity contribution in [3.8, 4) is 0 Å². The smallest absolute Gasteiger partial charge is 0.241 e. The predicted molar refractivity (Wildman–Crippen MR) is 90.9 cm³/mol. The standard InChI is InChI=1S/C17H26N2O2S/c1-11-12(2)14(4)17(15(5)13(11)3)22(20,21)19-10-16-6-8-18-9-7-16/h6,18-19H,7-10H2,1-5H3. The Morgan fingerprint density at radius 3 is 2.05 bits per heavy atom. The van der Waals surface area contributed by atoms with Gasteiger partial charge in [0.25, 0.3) is 0 Å². The molecule has 0 atom stereocenters. The van der Waals surface area contributed by atoms with Gasteiger partial charge in [-0.2, -0.15) is 0 Å². The van der Waals surface area contributed by atoms with E-state index >= 15 is 0 Å². The average Bonchev–Trinajstić information content (AvgIpc) is 2.50. The Labute approximate surface area is 134 Å². The predicted octanol–water partition coefficient (Wildman–Crippen LogP) is 2.43. The first kappa shape index (κ1) is 17.2. The number of nitrogens with one attached hydrogen (secondary N) is 2. The van der Waals surface area contributed by atoms with Crippen molar-refractivity contribution in [1.82, 2.24) is 10.0 Å². The summed E-state index contributed by atoms with van der Waals surface area (Å²) in [6.45, 7) is 12.0. The van der Waals surface area contributed by atoms with Gasteiger partial charge in [0.2, 0.25) is 10.0 Å². The molecule has 1 aromatic carbocycles. The molecule has 0 saturated carbocycles. The molecular formula is C17H26N2O2S. The molecule has 2 rings (SSSR count). The topological polar surface area (TPSA) is 58.2 Å². The van der Waals surface area contributed by atoms with Crippen molar-refractivity contribution in [1.29, 1.82) is 0 Å². The minimum atomic E-state index is -3.49. The zero-order chi connectivity index (χ0) is 16.5. The average molecular weight is 322 g/mol. The van der Waals surface area contributed by atoms with Crippen LogP contribution in [0.4, 0.5) is 0 Å². The fourth-order valence-electron chi connectivity index (χ4n) is 2.96. The van der Waals surface area contributed by atoms with Crippen LogP contribution in [-0.2, 0) is 10.0 Å². The molecule has 0 radical (unpaired) electrons. The van der Waals surface area contributed by atoms with Crippen molar-refractivity contribution in [2.24, 2.45) is 0 Å². The first-order valence-electron chi connectivity index (χ1n) is 7.71. The van der Waals surface area contributed by atoms with E-state index in [0.717, 1.165) is 47.3 Å². The van der Waals surface area contributed by atoms with Crippen LogP contribution in [-0.4, -0.2) is 28.1 Å². The lowest BCUT2D eigenvalue weighted by Gasteiger charge is -2.20. The molecule has 1 aromatic rings. The second kappa shape index (κ2) is 6.52. The summed E-state index contributed by atoms with van der Waals surface area (Å²) >= 11 is 0. The SMILES string of the molecule is Cc1c(C)c(C)c(S(=O)(=O)NCC2=CCNCC2)c(C)c1C. The highest BCUT2D eigenvalue weighted by Gasteiger charge is 2.23. The lowest BCUT2D eigenvalue weighted by molar-refractivity contribution is 0.580. The Bertz CT molecular complexity index is 690. The van der Waals surface area contributed by atoms with Crippen molar-refractivity contribution in [2.45, 2.75) is 45.9 Å². The molecule has 0 unspecified atom stereocenters. The van der Waals surface area contributed by atoms with Gasteiger partial charge in [-0.05, 0) is 75.4 Å². The summed E-state index contributed by atoms with van der Waals surface area (Å²) in [5.41, 5.74) is 6.15. The number of hydrogen-bond donors (Lipinski definition) is 2. The Morgan fingerprint density at radius 2 is 1.55 bits per heavy atom. The Kier molecular flexibility index (Phi) is 5.10. The summed E-state index contributed by atoms with van der Waals surface area (Å²) in [6.07, 6.45) is 2.96. The van der Waals surface area contributed by atoms with Gasteiger partial charge in [-0.15, -0.1) is 0 Å². The molecular weight excluding hydrogens is 296 g/mol. The first-order chi connectivity index (χ1) is 10.3. The maximum absolute atomic E-state index is 12.8. The van der Waals surface area contributed by atoms with Crippen LogP contribution in [0.15, 0.2) is 16.5 Å². The third kappa shape index (κ3) is 3.26. The van der Waals surface area contributed by atoms with Crippen molar-refractivity contribution in [3.63, 3.8) is 0 Å². The fraction of sp³-hybridized carbons (Fsp3) is 0.529. The van der Waals surface area contributed by atoms with Gasteiger partial charge in [-0.1, -0.05) is 11.6 Å². The normalized spacial score (nSPS) is 15.8. The monoisotopic (exact) mass is 322 g/mol. The zero-order valence-electron chi connectivity index (χ0n) is 14.1. The molecule has 4 nitrogen and oxygen atoms in total. The van der Waals surface area contributed by atoms with Gasteiger partial charge in [0, 0.05) is 13.1 Å². The van der Waals surface area contributed by atoms with E-state index in [-0.39, 0.29) is 0 Å². The van der Waals surface area contributed by atoms with Crippen LogP contribution in [0.25, 0.3) is 0 Å². The molecule has 1 heterocycles. The van der Waals surface area contributed by atoms with Gasteiger partial charge >= 0.3 is 0 Å². The Hall–Kier alpha value is -1.17. The molecule has 2 N–H and O–H groups in total. The second-order valence-corrected chi connectivity index (χ2v) is 7.80. The second-order valence-electron chi connectivity index (χ2n) is 6.10. The van der Waals surface area contributed by atoms with E-state index in [1.165, 1.54) is 5.56 Å². The van der Waals surface area contributed by atoms with E-state index in [1.54, 1.807) is 0 Å². The van der Waals surface area contributed by atoms with Crippen molar-refractivity contribution in [2.75, 3.05) is 19.6 Å². The van der Waals surface area contributed by atoms with Crippen molar-refractivity contribution < 1.29 is 8.42 Å². The van der Waals surface area contributed by atoms with Gasteiger partial charge in [0.1, 0.15) is 0 Å². The quantitative estimate of drug-likeness (QED) is 0.837. The summed E-state index contributed by atoms with van der Waals surface area (Å²) < 4.78 is 28.3. The van der Waals surface area contributed by atoms with Crippen LogP contribution in [0.3, 0.4) is 0 Å². The summed E-state index contributed by atoms with van der Waals surface area (Å²) in [6, 6.07) is 0. The van der Waals surface area contributed by atoms with Crippen LogP contribution in [0.5, 0.6) is 0 Å². The highest BCUT2D eigenvalue weighted by atomic mass is 32.2. The van der Waals surface area contributed by atoms with Gasteiger partial charge in [-0.3, -0.25) is 0 Å². The van der Waals surface area contributed by atoms with Crippen LogP contribution in [0.1, 0.15) is 34.2 Å². The lowest BCUT2D eigenvalue weighted by Crippen LogP contribution is -2.30. The first-order valence-corrected chi connectivity index (χ1v) is 9.19. The summed E-state index contributed by atoms with van der Waals surface area (Å²) in [5.74, 6) is 0. The summed E-state index contributed by atoms with van der Waals surface area (Å²) in [7, 11) is -3.49. The third-order valence-corrected chi connectivity index (χ3v) is 6.52. The number of sulfonamides is 1. The Balaban J connectivity index is 2.35. The summed E-state index contributed by atoms with van der Waals surface area (Å²) in [4.78, 5) is 0.447. The van der Waals surface area contributed by atoms with E-state index in [9.17, 15) is 8.42 Å². The zero-order valence-corrected chi connectivity index (χ0v) is 14.9. The lowest BCUT2D eigenvalue weighted by atomic mass is 9.95. The van der Waals surface area contributed by atoms with Crippen LogP contribution >= 0.6 is 0 Å². The van der Waals surface area contributed by atoms with Gasteiger partial charge < -0.3 is 5.32 Å². The van der Waals surface area contributed by atoms with Crippen molar-refractivity contribution >= 4 is 10.0 Å². The molecule has 0 saturated heterocycles. The molecule has 0 aliphatic carbocycles. The maximum atomic E-state index is 12.8. The van der Waals surface area contributed by atoms with Crippen LogP contribution in [0, 0.1) is 34.6 Å². The molecule has 122 valence electrons. The van der Waals surface area contributed by atoms with Gasteiger partial charge in [0.05, 0.1) is 4.90 Å². The molecule has 22 heavy (non-hydrogen) atoms. The van der Waals surface area contributed by atoms with E-state index in [4.69, 9.17) is 0 Å². The van der Waals surface area contributed by atoms with Crippen molar-refractivity contribution in [3.05, 3.63) is 39.5 Å². The highest BCUT2D eigenvalue weighted by Crippen LogP contribution is 2.29. The minimum Gasteiger partial charge on any atom is -0.313 e. The number of rotatable bonds is 4.